The summed E-state index contributed by atoms with van der Waals surface area (Å²) in [4.78, 5) is 13.4. The van der Waals surface area contributed by atoms with E-state index in [1.807, 2.05) is 20.8 Å². The maximum Gasteiger partial charge on any atom is 0.410 e. The van der Waals surface area contributed by atoms with E-state index in [4.69, 9.17) is 14.6 Å². The molecule has 0 radical (unpaired) electrons. The zero-order chi connectivity index (χ0) is 11.9. The number of epoxide rings is 1. The van der Waals surface area contributed by atoms with Crippen LogP contribution in [-0.2, 0) is 9.47 Å². The molecule has 0 bridgehead atoms. The van der Waals surface area contributed by atoms with E-state index in [1.165, 1.54) is 0 Å². The van der Waals surface area contributed by atoms with Crippen molar-refractivity contribution in [2.45, 2.75) is 38.6 Å². The highest BCUT2D eigenvalue weighted by atomic mass is 16.6. The first-order valence-corrected chi connectivity index (χ1v) is 5.65. The van der Waals surface area contributed by atoms with Crippen molar-refractivity contribution in [1.82, 2.24) is 4.90 Å². The summed E-state index contributed by atoms with van der Waals surface area (Å²) in [6.07, 6.45) is -0.0815. The minimum Gasteiger partial charge on any atom is -0.444 e. The molecular weight excluding hydrogens is 210 g/mol. The van der Waals surface area contributed by atoms with Crippen molar-refractivity contribution in [3.05, 3.63) is 0 Å². The Morgan fingerprint density at radius 2 is 2.19 bits per heavy atom. The predicted molar refractivity (Wildman–Crippen MR) is 57.0 cm³/mol. The van der Waals surface area contributed by atoms with Crippen LogP contribution in [0.5, 0.6) is 0 Å². The smallest absolute Gasteiger partial charge is 0.410 e. The number of carbonyl (C=O) groups is 1. The Kier molecular flexibility index (Phi) is 2.84. The van der Waals surface area contributed by atoms with Crippen LogP contribution in [0.4, 0.5) is 4.79 Å². The lowest BCUT2D eigenvalue weighted by molar-refractivity contribution is 0.0166. The lowest BCUT2D eigenvalue weighted by atomic mass is 9.99. The first-order valence-electron chi connectivity index (χ1n) is 5.65. The molecule has 2 aliphatic heterocycles. The van der Waals surface area contributed by atoms with Crippen molar-refractivity contribution in [1.29, 1.82) is 0 Å². The molecule has 2 heterocycles. The summed E-state index contributed by atoms with van der Waals surface area (Å²) >= 11 is 0. The van der Waals surface area contributed by atoms with Gasteiger partial charge in [-0.2, -0.15) is 0 Å². The minimum atomic E-state index is -0.479. The summed E-state index contributed by atoms with van der Waals surface area (Å²) in [6, 6.07) is 0. The summed E-state index contributed by atoms with van der Waals surface area (Å²) in [6.45, 7) is 6.68. The number of amides is 1. The van der Waals surface area contributed by atoms with Gasteiger partial charge in [-0.05, 0) is 20.8 Å². The van der Waals surface area contributed by atoms with Gasteiger partial charge in [-0.3, -0.25) is 0 Å². The number of fused-ring (bicyclic) bond motifs is 1. The summed E-state index contributed by atoms with van der Waals surface area (Å²) in [7, 11) is 0. The number of ether oxygens (including phenoxy) is 2. The SMILES string of the molecule is CC(C)(C)OC(=O)N1CC(CO)C2OC2C1. The Hall–Kier alpha value is -0.810. The molecule has 1 amide bonds. The molecule has 0 aromatic heterocycles. The Bertz CT molecular complexity index is 286. The lowest BCUT2D eigenvalue weighted by Crippen LogP contribution is -2.47. The average molecular weight is 229 g/mol. The normalized spacial score (nSPS) is 33.2. The topological polar surface area (TPSA) is 62.3 Å². The number of aliphatic hydroxyl groups is 1. The molecule has 5 nitrogen and oxygen atoms in total. The van der Waals surface area contributed by atoms with Gasteiger partial charge in [-0.25, -0.2) is 4.79 Å². The Balaban J connectivity index is 1.92. The number of likely N-dealkylation sites (tertiary alicyclic amines) is 1. The molecule has 0 aromatic carbocycles. The highest BCUT2D eigenvalue weighted by Gasteiger charge is 2.51. The van der Waals surface area contributed by atoms with Crippen molar-refractivity contribution < 1.29 is 19.4 Å². The van der Waals surface area contributed by atoms with Gasteiger partial charge in [-0.1, -0.05) is 0 Å². The van der Waals surface area contributed by atoms with E-state index in [-0.39, 0.29) is 30.8 Å². The number of rotatable bonds is 1. The van der Waals surface area contributed by atoms with Crippen molar-refractivity contribution in [3.8, 4) is 0 Å². The Morgan fingerprint density at radius 3 is 2.75 bits per heavy atom. The molecule has 92 valence electrons. The fourth-order valence-electron chi connectivity index (χ4n) is 2.03. The molecule has 0 aliphatic carbocycles. The van der Waals surface area contributed by atoms with Crippen molar-refractivity contribution in [3.63, 3.8) is 0 Å². The molecule has 0 aromatic rings. The highest BCUT2D eigenvalue weighted by Crippen LogP contribution is 2.35. The third-order valence-electron chi connectivity index (χ3n) is 2.83. The van der Waals surface area contributed by atoms with Crippen LogP contribution in [0.25, 0.3) is 0 Å². The minimum absolute atomic E-state index is 0.0336. The summed E-state index contributed by atoms with van der Waals surface area (Å²) < 4.78 is 10.7. The molecule has 5 heteroatoms. The van der Waals surface area contributed by atoms with Crippen molar-refractivity contribution in [2.75, 3.05) is 19.7 Å². The van der Waals surface area contributed by atoms with Gasteiger partial charge < -0.3 is 19.5 Å². The second-order valence-corrected chi connectivity index (χ2v) is 5.47. The van der Waals surface area contributed by atoms with E-state index < -0.39 is 5.60 Å². The van der Waals surface area contributed by atoms with Crippen LogP contribution in [-0.4, -0.2) is 53.6 Å². The molecule has 3 unspecified atom stereocenters. The quantitative estimate of drug-likeness (QED) is 0.669. The second-order valence-electron chi connectivity index (χ2n) is 5.47. The zero-order valence-electron chi connectivity index (χ0n) is 9.97. The van der Waals surface area contributed by atoms with E-state index in [9.17, 15) is 4.79 Å². The number of hydrogen-bond acceptors (Lipinski definition) is 4. The summed E-state index contributed by atoms with van der Waals surface area (Å²) in [5, 5.41) is 9.16. The molecule has 1 N–H and O–H groups in total. The number of hydrogen-bond donors (Lipinski definition) is 1. The number of aliphatic hydroxyl groups excluding tert-OH is 1. The van der Waals surface area contributed by atoms with Crippen LogP contribution in [0.3, 0.4) is 0 Å². The monoisotopic (exact) mass is 229 g/mol. The molecule has 0 spiro atoms. The molecule has 16 heavy (non-hydrogen) atoms. The van der Waals surface area contributed by atoms with E-state index in [1.54, 1.807) is 4.90 Å². The molecule has 2 aliphatic rings. The fraction of sp³-hybridized carbons (Fsp3) is 0.909. The van der Waals surface area contributed by atoms with Crippen LogP contribution in [0.2, 0.25) is 0 Å². The highest BCUT2D eigenvalue weighted by molar-refractivity contribution is 5.68. The lowest BCUT2D eigenvalue weighted by Gasteiger charge is -2.31. The summed E-state index contributed by atoms with van der Waals surface area (Å²) in [5.41, 5.74) is -0.479. The molecule has 0 saturated carbocycles. The van der Waals surface area contributed by atoms with Gasteiger partial charge in [0.05, 0.1) is 19.3 Å². The van der Waals surface area contributed by atoms with E-state index in [0.29, 0.717) is 13.1 Å². The number of piperidine rings is 1. The second kappa shape index (κ2) is 3.89. The van der Waals surface area contributed by atoms with Crippen molar-refractivity contribution >= 4 is 6.09 Å². The third-order valence-corrected chi connectivity index (χ3v) is 2.83. The Labute approximate surface area is 95.3 Å². The van der Waals surface area contributed by atoms with Gasteiger partial charge in [-0.15, -0.1) is 0 Å². The molecule has 2 rings (SSSR count). The van der Waals surface area contributed by atoms with Gasteiger partial charge >= 0.3 is 6.09 Å². The summed E-state index contributed by atoms with van der Waals surface area (Å²) in [5.74, 6) is 0.0336. The van der Waals surface area contributed by atoms with E-state index >= 15 is 0 Å². The first kappa shape index (κ1) is 11.7. The fourth-order valence-corrected chi connectivity index (χ4v) is 2.03. The third kappa shape index (κ3) is 2.47. The van der Waals surface area contributed by atoms with Crippen molar-refractivity contribution in [2.24, 2.45) is 5.92 Å². The zero-order valence-corrected chi connectivity index (χ0v) is 9.97. The van der Waals surface area contributed by atoms with Crippen LogP contribution in [0.1, 0.15) is 20.8 Å². The first-order chi connectivity index (χ1) is 7.40. The Morgan fingerprint density at radius 1 is 1.50 bits per heavy atom. The van der Waals surface area contributed by atoms with E-state index in [0.717, 1.165) is 0 Å². The molecule has 2 saturated heterocycles. The molecule has 2 fully saturated rings. The van der Waals surface area contributed by atoms with Crippen LogP contribution < -0.4 is 0 Å². The van der Waals surface area contributed by atoms with Gasteiger partial charge in [0.15, 0.2) is 0 Å². The van der Waals surface area contributed by atoms with Gasteiger partial charge in [0.25, 0.3) is 0 Å². The predicted octanol–water partition coefficient (Wildman–Crippen LogP) is 0.613. The number of nitrogens with zero attached hydrogens (tertiary/aromatic N) is 1. The van der Waals surface area contributed by atoms with Gasteiger partial charge in [0, 0.05) is 12.5 Å². The van der Waals surface area contributed by atoms with Crippen LogP contribution in [0, 0.1) is 5.92 Å². The van der Waals surface area contributed by atoms with Gasteiger partial charge in [0.2, 0.25) is 0 Å². The van der Waals surface area contributed by atoms with E-state index in [2.05, 4.69) is 0 Å². The number of carbonyl (C=O) groups excluding carboxylic acids is 1. The standard InChI is InChI=1S/C11H19NO4/c1-11(2,3)16-10(14)12-4-7(6-13)9-8(5-12)15-9/h7-9,13H,4-6H2,1-3H3. The molecule has 3 atom stereocenters. The van der Waals surface area contributed by atoms with Crippen LogP contribution >= 0.6 is 0 Å². The molecular formula is C11H19NO4. The van der Waals surface area contributed by atoms with Crippen LogP contribution in [0.15, 0.2) is 0 Å². The largest absolute Gasteiger partial charge is 0.444 e. The van der Waals surface area contributed by atoms with Gasteiger partial charge in [0.1, 0.15) is 11.7 Å². The maximum absolute atomic E-state index is 11.8. The maximum atomic E-state index is 11.8. The average Bonchev–Trinajstić information content (AvgIpc) is 2.91.